The molecule has 0 saturated heterocycles. The maximum Gasteiger partial charge on any atom is 0.302 e. The number of rotatable bonds is 4. The van der Waals surface area contributed by atoms with Crippen molar-refractivity contribution >= 4 is 10.2 Å². The SMILES string of the molecule is CC(C)(C)NCCCS(=O)(=O)F. The number of halogens is 1. The summed E-state index contributed by atoms with van der Waals surface area (Å²) in [6, 6.07) is 0. The summed E-state index contributed by atoms with van der Waals surface area (Å²) in [6.45, 7) is 6.43. The van der Waals surface area contributed by atoms with Crippen molar-refractivity contribution in [1.29, 1.82) is 0 Å². The molecule has 0 fully saturated rings. The van der Waals surface area contributed by atoms with Gasteiger partial charge in [-0.3, -0.25) is 0 Å². The fourth-order valence-electron chi connectivity index (χ4n) is 0.708. The third-order valence-electron chi connectivity index (χ3n) is 1.22. The molecule has 3 nitrogen and oxygen atoms in total. The van der Waals surface area contributed by atoms with Gasteiger partial charge in [0.05, 0.1) is 5.75 Å². The summed E-state index contributed by atoms with van der Waals surface area (Å²) >= 11 is 0. The van der Waals surface area contributed by atoms with Crippen LogP contribution in [0.15, 0.2) is 0 Å². The van der Waals surface area contributed by atoms with Gasteiger partial charge in [-0.2, -0.15) is 8.42 Å². The largest absolute Gasteiger partial charge is 0.312 e. The molecule has 1 N–H and O–H groups in total. The molecule has 0 radical (unpaired) electrons. The van der Waals surface area contributed by atoms with Crippen molar-refractivity contribution in [2.45, 2.75) is 32.7 Å². The molecule has 0 heterocycles. The summed E-state index contributed by atoms with van der Waals surface area (Å²) in [6.07, 6.45) is 0.316. The van der Waals surface area contributed by atoms with Gasteiger partial charge in [0.25, 0.3) is 0 Å². The first kappa shape index (κ1) is 11.8. The van der Waals surface area contributed by atoms with E-state index in [1.54, 1.807) is 0 Å². The van der Waals surface area contributed by atoms with E-state index in [9.17, 15) is 12.3 Å². The number of hydrogen-bond donors (Lipinski definition) is 1. The summed E-state index contributed by atoms with van der Waals surface area (Å²) in [4.78, 5) is 0. The van der Waals surface area contributed by atoms with Crippen molar-refractivity contribution in [1.82, 2.24) is 5.32 Å². The Kier molecular flexibility index (Phi) is 4.13. The van der Waals surface area contributed by atoms with Crippen molar-refractivity contribution in [2.24, 2.45) is 0 Å². The Morgan fingerprint density at radius 3 is 2.17 bits per heavy atom. The summed E-state index contributed by atoms with van der Waals surface area (Å²) in [7, 11) is -4.28. The van der Waals surface area contributed by atoms with Crippen molar-refractivity contribution in [3.8, 4) is 0 Å². The van der Waals surface area contributed by atoms with Gasteiger partial charge in [-0.25, -0.2) is 0 Å². The molecule has 12 heavy (non-hydrogen) atoms. The zero-order chi connectivity index (χ0) is 9.83. The highest BCUT2D eigenvalue weighted by atomic mass is 32.3. The lowest BCUT2D eigenvalue weighted by molar-refractivity contribution is 0.425. The Labute approximate surface area is 73.6 Å². The van der Waals surface area contributed by atoms with E-state index < -0.39 is 16.0 Å². The molecule has 5 heteroatoms. The fraction of sp³-hybridized carbons (Fsp3) is 1.00. The zero-order valence-electron chi connectivity index (χ0n) is 7.72. The van der Waals surface area contributed by atoms with E-state index in [-0.39, 0.29) is 5.54 Å². The monoisotopic (exact) mass is 197 g/mol. The molecule has 0 aliphatic rings. The molecule has 0 amide bonds. The Balaban J connectivity index is 3.48. The van der Waals surface area contributed by atoms with Gasteiger partial charge in [-0.05, 0) is 33.7 Å². The minimum atomic E-state index is -4.28. The van der Waals surface area contributed by atoms with Gasteiger partial charge >= 0.3 is 10.2 Å². The maximum atomic E-state index is 12.0. The molecule has 0 aromatic rings. The van der Waals surface area contributed by atoms with Crippen LogP contribution in [-0.2, 0) is 10.2 Å². The van der Waals surface area contributed by atoms with Crippen LogP contribution in [0, 0.1) is 0 Å². The van der Waals surface area contributed by atoms with Crippen molar-refractivity contribution < 1.29 is 12.3 Å². The highest BCUT2D eigenvalue weighted by molar-refractivity contribution is 7.86. The number of hydrogen-bond acceptors (Lipinski definition) is 3. The normalized spacial score (nSPS) is 13.3. The van der Waals surface area contributed by atoms with Crippen molar-refractivity contribution in [2.75, 3.05) is 12.3 Å². The molecule has 0 aromatic carbocycles. The topological polar surface area (TPSA) is 46.2 Å². The molecule has 0 aromatic heterocycles. The highest BCUT2D eigenvalue weighted by Gasteiger charge is 2.10. The summed E-state index contributed by atoms with van der Waals surface area (Å²) in [5.41, 5.74) is -0.0416. The predicted molar refractivity (Wildman–Crippen MR) is 47.3 cm³/mol. The van der Waals surface area contributed by atoms with Crippen LogP contribution in [0.3, 0.4) is 0 Å². The second-order valence-electron chi connectivity index (χ2n) is 3.77. The second kappa shape index (κ2) is 4.18. The molecule has 0 rings (SSSR count). The van der Waals surface area contributed by atoms with E-state index in [1.165, 1.54) is 0 Å². The molecule has 0 unspecified atom stereocenters. The Morgan fingerprint density at radius 2 is 1.83 bits per heavy atom. The first-order valence-electron chi connectivity index (χ1n) is 3.88. The van der Waals surface area contributed by atoms with Crippen molar-refractivity contribution in [3.05, 3.63) is 0 Å². The van der Waals surface area contributed by atoms with Gasteiger partial charge in [-0.15, -0.1) is 3.89 Å². The molecule has 74 valence electrons. The van der Waals surface area contributed by atoms with Crippen LogP contribution in [0.1, 0.15) is 27.2 Å². The molecule has 0 bridgehead atoms. The van der Waals surface area contributed by atoms with Gasteiger partial charge < -0.3 is 5.32 Å². The highest BCUT2D eigenvalue weighted by Crippen LogP contribution is 1.99. The summed E-state index contributed by atoms with van der Waals surface area (Å²) in [5.74, 6) is -0.393. The van der Waals surface area contributed by atoms with Gasteiger partial charge in [0.15, 0.2) is 0 Å². The second-order valence-corrected chi connectivity index (χ2v) is 5.26. The van der Waals surface area contributed by atoms with E-state index in [1.807, 2.05) is 20.8 Å². The lowest BCUT2D eigenvalue weighted by Gasteiger charge is -2.19. The molecule has 0 aliphatic heterocycles. The van der Waals surface area contributed by atoms with Gasteiger partial charge in [0, 0.05) is 5.54 Å². The third kappa shape index (κ3) is 9.84. The van der Waals surface area contributed by atoms with E-state index in [0.717, 1.165) is 0 Å². The van der Waals surface area contributed by atoms with Crippen LogP contribution < -0.4 is 5.32 Å². The quantitative estimate of drug-likeness (QED) is 0.541. The van der Waals surface area contributed by atoms with Gasteiger partial charge in [0.2, 0.25) is 0 Å². The van der Waals surface area contributed by atoms with Crippen LogP contribution in [0.5, 0.6) is 0 Å². The molecule has 0 aliphatic carbocycles. The minimum absolute atomic E-state index is 0.0416. The zero-order valence-corrected chi connectivity index (χ0v) is 8.54. The summed E-state index contributed by atoms with van der Waals surface area (Å²) in [5, 5.41) is 3.06. The van der Waals surface area contributed by atoms with Crippen molar-refractivity contribution in [3.63, 3.8) is 0 Å². The first-order valence-corrected chi connectivity index (χ1v) is 5.43. The number of nitrogens with one attached hydrogen (secondary N) is 1. The van der Waals surface area contributed by atoms with Crippen LogP contribution in [0.4, 0.5) is 3.89 Å². The van der Waals surface area contributed by atoms with E-state index in [2.05, 4.69) is 5.32 Å². The molecule has 0 atom stereocenters. The Bertz CT molecular complexity index is 218. The standard InChI is InChI=1S/C7H16FNO2S/c1-7(2,3)9-5-4-6-12(8,10)11/h9H,4-6H2,1-3H3. The smallest absolute Gasteiger partial charge is 0.302 e. The maximum absolute atomic E-state index is 12.0. The van der Waals surface area contributed by atoms with Crippen LogP contribution >= 0.6 is 0 Å². The van der Waals surface area contributed by atoms with Crippen LogP contribution in [0.2, 0.25) is 0 Å². The third-order valence-corrected chi connectivity index (χ3v) is 2.00. The van der Waals surface area contributed by atoms with E-state index >= 15 is 0 Å². The fourth-order valence-corrected chi connectivity index (χ4v) is 1.20. The predicted octanol–water partition coefficient (Wildman–Crippen LogP) is 1.06. The molecular formula is C7H16FNO2S. The average molecular weight is 197 g/mol. The average Bonchev–Trinajstić information content (AvgIpc) is 1.76. The summed E-state index contributed by atoms with van der Waals surface area (Å²) < 4.78 is 32.1. The lowest BCUT2D eigenvalue weighted by atomic mass is 10.1. The van der Waals surface area contributed by atoms with Crippen LogP contribution in [0.25, 0.3) is 0 Å². The lowest BCUT2D eigenvalue weighted by Crippen LogP contribution is -2.36. The Hall–Kier alpha value is -0.160. The van der Waals surface area contributed by atoms with Crippen LogP contribution in [-0.4, -0.2) is 26.3 Å². The van der Waals surface area contributed by atoms with Gasteiger partial charge in [0.1, 0.15) is 0 Å². The molecular weight excluding hydrogens is 181 g/mol. The van der Waals surface area contributed by atoms with E-state index in [0.29, 0.717) is 13.0 Å². The van der Waals surface area contributed by atoms with E-state index in [4.69, 9.17) is 0 Å². The first-order chi connectivity index (χ1) is 5.21. The van der Waals surface area contributed by atoms with Gasteiger partial charge in [-0.1, -0.05) is 0 Å². The molecule has 0 saturated carbocycles. The Morgan fingerprint density at radius 1 is 1.33 bits per heavy atom. The molecule has 0 spiro atoms. The minimum Gasteiger partial charge on any atom is -0.312 e.